The van der Waals surface area contributed by atoms with Gasteiger partial charge in [0.05, 0.1) is 6.67 Å². The highest BCUT2D eigenvalue weighted by atomic mass is 31.2. The standard InChI is InChI=1S/C25H22P2.C24H32N2.C20H27P/c1-5-13-22(14-6-1)26(23-15-7-2-8-16-23)21-27(24-17-9-3-10-18-24)25-19-11-4-12-20-25;1-17(2)20-10-7-8-13-23(20)25-14-15-26(16-25)24-21(18(3)4)11-9-12-22(24)19(5)6;1-19(2,3)21(20(4,5)6)18-15-11-10-14-17(18)16-12-8-7-9-13-16/h1-20H,21H2;7-15,17-19H,16H2,1-6H3;7-15H,1-6H3. The Kier molecular flexibility index (Phi) is 19.9. The summed E-state index contributed by atoms with van der Waals surface area (Å²) in [6.45, 7) is 28.8. The van der Waals surface area contributed by atoms with Crippen LogP contribution in [0.3, 0.4) is 0 Å². The molecule has 8 aromatic carbocycles. The smallest absolute Gasteiger partial charge is 0.0989 e. The summed E-state index contributed by atoms with van der Waals surface area (Å²) in [5.74, 6) is 2.71. The molecule has 0 amide bonds. The highest BCUT2D eigenvalue weighted by Crippen LogP contribution is 2.59. The lowest BCUT2D eigenvalue weighted by Crippen LogP contribution is -2.31. The van der Waals surface area contributed by atoms with Gasteiger partial charge in [-0.2, -0.15) is 0 Å². The van der Waals surface area contributed by atoms with Crippen LogP contribution in [0.2, 0.25) is 0 Å². The first-order chi connectivity index (χ1) is 35.5. The van der Waals surface area contributed by atoms with E-state index in [2.05, 4.69) is 324 Å². The second-order valence-corrected chi connectivity index (χ2v) is 30.8. The maximum absolute atomic E-state index is 2.42. The summed E-state index contributed by atoms with van der Waals surface area (Å²) in [5, 5.41) is 7.93. The molecule has 1 aliphatic rings. The van der Waals surface area contributed by atoms with E-state index in [4.69, 9.17) is 0 Å². The molecule has 0 saturated carbocycles. The van der Waals surface area contributed by atoms with Gasteiger partial charge < -0.3 is 9.80 Å². The SMILES string of the molecule is CC(C)(C)P(c1ccccc1-c1ccccc1)C(C)(C)C.CC(C)c1ccccc1N1C=CN(c2c(C(C)C)cccc2C(C)C)C1.c1ccc(P(CP(c2ccccc2)c2ccccc2)c2ccccc2)cc1. The van der Waals surface area contributed by atoms with Crippen LogP contribution >= 0.6 is 23.8 Å². The van der Waals surface area contributed by atoms with Gasteiger partial charge in [0.25, 0.3) is 0 Å². The largest absolute Gasteiger partial charge is 0.328 e. The third-order valence-electron chi connectivity index (χ3n) is 13.4. The van der Waals surface area contributed by atoms with Crippen molar-refractivity contribution < 1.29 is 0 Å². The number of para-hydroxylation sites is 2. The highest BCUT2D eigenvalue weighted by Gasteiger charge is 2.37. The number of hydrogen-bond acceptors (Lipinski definition) is 2. The number of anilines is 2. The summed E-state index contributed by atoms with van der Waals surface area (Å²) in [6, 6.07) is 79.4. The molecule has 1 aliphatic heterocycles. The van der Waals surface area contributed by atoms with Crippen LogP contribution in [0.25, 0.3) is 11.1 Å². The van der Waals surface area contributed by atoms with Crippen molar-refractivity contribution in [3.05, 3.63) is 247 Å². The summed E-state index contributed by atoms with van der Waals surface area (Å²) in [6.07, 6.45) is 4.46. The van der Waals surface area contributed by atoms with E-state index in [0.717, 1.165) is 6.67 Å². The van der Waals surface area contributed by atoms with E-state index < -0.39 is 15.8 Å². The first-order valence-corrected chi connectivity index (χ1v) is 31.1. The molecule has 8 aromatic rings. The van der Waals surface area contributed by atoms with Crippen molar-refractivity contribution in [2.24, 2.45) is 0 Å². The Hall–Kier alpha value is -5.61. The predicted molar refractivity (Wildman–Crippen MR) is 335 cm³/mol. The Morgan fingerprint density at radius 3 is 1.15 bits per heavy atom. The quantitative estimate of drug-likeness (QED) is 0.106. The third kappa shape index (κ3) is 14.6. The van der Waals surface area contributed by atoms with Crippen LogP contribution in [0.4, 0.5) is 11.4 Å². The van der Waals surface area contributed by atoms with E-state index >= 15 is 0 Å². The van der Waals surface area contributed by atoms with Gasteiger partial charge in [0.1, 0.15) is 0 Å². The summed E-state index contributed by atoms with van der Waals surface area (Å²) < 4.78 is 0. The van der Waals surface area contributed by atoms with Crippen LogP contribution in [-0.4, -0.2) is 22.9 Å². The molecular weight excluding hydrogens is 950 g/mol. The van der Waals surface area contributed by atoms with Crippen LogP contribution in [-0.2, 0) is 0 Å². The normalized spacial score (nSPS) is 12.7. The number of rotatable bonds is 13. The van der Waals surface area contributed by atoms with Gasteiger partial charge in [0.15, 0.2) is 0 Å². The molecule has 0 saturated heterocycles. The lowest BCUT2D eigenvalue weighted by Gasteiger charge is -2.42. The Morgan fingerprint density at radius 1 is 0.378 bits per heavy atom. The zero-order chi connectivity index (χ0) is 52.8. The fourth-order valence-corrected chi connectivity index (χ4v) is 20.9. The molecule has 5 heteroatoms. The van der Waals surface area contributed by atoms with Gasteiger partial charge in [-0.1, -0.05) is 303 Å². The second-order valence-electron chi connectivity index (χ2n) is 22.1. The number of hydrogen-bond donors (Lipinski definition) is 0. The first-order valence-electron chi connectivity index (χ1n) is 26.7. The van der Waals surface area contributed by atoms with Crippen LogP contribution in [0.5, 0.6) is 0 Å². The van der Waals surface area contributed by atoms with Crippen LogP contribution in [0.15, 0.2) is 231 Å². The summed E-state index contributed by atoms with van der Waals surface area (Å²) >= 11 is 0. The lowest BCUT2D eigenvalue weighted by atomic mass is 9.92. The molecule has 0 aromatic heterocycles. The van der Waals surface area contributed by atoms with Gasteiger partial charge in [-0.3, -0.25) is 0 Å². The van der Waals surface area contributed by atoms with Gasteiger partial charge in [-0.15, -0.1) is 0 Å². The fraction of sp³-hybridized carbons (Fsp3) is 0.275. The molecule has 382 valence electrons. The van der Waals surface area contributed by atoms with Gasteiger partial charge in [0, 0.05) is 29.7 Å². The van der Waals surface area contributed by atoms with E-state index in [1.807, 2.05) is 0 Å². The lowest BCUT2D eigenvalue weighted by molar-refractivity contribution is 0.715. The van der Waals surface area contributed by atoms with Crippen LogP contribution in [0, 0.1) is 0 Å². The topological polar surface area (TPSA) is 6.48 Å². The Morgan fingerprint density at radius 2 is 0.730 bits per heavy atom. The maximum Gasteiger partial charge on any atom is 0.0989 e. The molecule has 74 heavy (non-hydrogen) atoms. The van der Waals surface area contributed by atoms with Gasteiger partial charge in [-0.05, 0) is 104 Å². The molecule has 0 N–H and O–H groups in total. The minimum atomic E-state index is -0.409. The predicted octanol–water partition coefficient (Wildman–Crippen LogP) is 18.1. The van der Waals surface area contributed by atoms with Crippen molar-refractivity contribution in [3.8, 4) is 11.1 Å². The van der Waals surface area contributed by atoms with Crippen molar-refractivity contribution in [3.63, 3.8) is 0 Å². The van der Waals surface area contributed by atoms with E-state index in [1.165, 1.54) is 71.6 Å². The van der Waals surface area contributed by atoms with Gasteiger partial charge in [-0.25, -0.2) is 0 Å². The number of benzene rings is 8. The van der Waals surface area contributed by atoms with Gasteiger partial charge in [0.2, 0.25) is 0 Å². The molecule has 2 nitrogen and oxygen atoms in total. The minimum absolute atomic E-state index is 0.282. The second kappa shape index (κ2) is 26.2. The molecular formula is C69H81N2P3. The first kappa shape index (κ1) is 56.1. The summed E-state index contributed by atoms with van der Waals surface area (Å²) in [5.41, 5.74) is 9.69. The molecule has 0 unspecified atom stereocenters. The molecule has 9 rings (SSSR count). The minimum Gasteiger partial charge on any atom is -0.328 e. The average molecular weight is 1030 g/mol. The Bertz CT molecular complexity index is 2760. The molecule has 0 atom stereocenters. The number of nitrogens with zero attached hydrogens (tertiary/aromatic N) is 2. The van der Waals surface area contributed by atoms with E-state index in [-0.39, 0.29) is 7.92 Å². The van der Waals surface area contributed by atoms with Crippen molar-refractivity contribution in [2.75, 3.05) is 22.4 Å². The molecule has 0 spiro atoms. The molecule has 0 fully saturated rings. The fourth-order valence-electron chi connectivity index (χ4n) is 10.3. The van der Waals surface area contributed by atoms with E-state index in [0.29, 0.717) is 28.1 Å². The molecule has 0 aliphatic carbocycles. The highest BCUT2D eigenvalue weighted by molar-refractivity contribution is 7.88. The van der Waals surface area contributed by atoms with Gasteiger partial charge >= 0.3 is 0 Å². The molecule has 0 radical (unpaired) electrons. The van der Waals surface area contributed by atoms with Crippen LogP contribution in [0.1, 0.15) is 118 Å². The van der Waals surface area contributed by atoms with E-state index in [9.17, 15) is 0 Å². The average Bonchev–Trinajstić information content (AvgIpc) is 3.90. The van der Waals surface area contributed by atoms with E-state index in [1.54, 1.807) is 0 Å². The summed E-state index contributed by atoms with van der Waals surface area (Å²) in [7, 11) is -1.10. The van der Waals surface area contributed by atoms with Crippen molar-refractivity contribution >= 4 is 61.7 Å². The maximum atomic E-state index is 2.42. The van der Waals surface area contributed by atoms with Crippen molar-refractivity contribution in [2.45, 2.75) is 111 Å². The zero-order valence-corrected chi connectivity index (χ0v) is 49.0. The Labute approximate surface area is 451 Å². The monoisotopic (exact) mass is 1030 g/mol. The van der Waals surface area contributed by atoms with Crippen molar-refractivity contribution in [1.29, 1.82) is 0 Å². The molecule has 0 bridgehead atoms. The van der Waals surface area contributed by atoms with Crippen LogP contribution < -0.4 is 36.3 Å². The summed E-state index contributed by atoms with van der Waals surface area (Å²) in [4.78, 5) is 4.79. The Balaban J connectivity index is 0.000000164. The third-order valence-corrected chi connectivity index (χ3v) is 22.9. The zero-order valence-electron chi connectivity index (χ0n) is 46.3. The van der Waals surface area contributed by atoms with Crippen molar-refractivity contribution in [1.82, 2.24) is 0 Å². The molecule has 1 heterocycles.